The number of rotatable bonds is 4. The Morgan fingerprint density at radius 1 is 1.31 bits per heavy atom. The summed E-state index contributed by atoms with van der Waals surface area (Å²) in [5, 5.41) is 0. The molecule has 0 saturated carbocycles. The maximum atomic E-state index is 13.4. The minimum atomic E-state index is -0.837. The highest BCUT2D eigenvalue weighted by atomic mass is 19.1. The molecular weight excluding hydrogens is 373 g/mol. The summed E-state index contributed by atoms with van der Waals surface area (Å²) < 4.78 is 20.4. The smallest absolute Gasteiger partial charge is 0.272 e. The van der Waals surface area contributed by atoms with Gasteiger partial charge in [0.15, 0.2) is 11.5 Å². The third kappa shape index (κ3) is 3.63. The lowest BCUT2D eigenvalue weighted by Crippen LogP contribution is -2.39. The van der Waals surface area contributed by atoms with Crippen molar-refractivity contribution in [2.75, 3.05) is 20.2 Å². The Morgan fingerprint density at radius 3 is 2.69 bits per heavy atom. The summed E-state index contributed by atoms with van der Waals surface area (Å²) in [6, 6.07) is 9.09. The highest BCUT2D eigenvalue weighted by Gasteiger charge is 2.24. The van der Waals surface area contributed by atoms with Gasteiger partial charge in [-0.15, -0.1) is 0 Å². The van der Waals surface area contributed by atoms with Crippen LogP contribution >= 0.6 is 0 Å². The highest BCUT2D eigenvalue weighted by molar-refractivity contribution is 5.96. The van der Waals surface area contributed by atoms with E-state index in [9.17, 15) is 9.18 Å². The van der Waals surface area contributed by atoms with Gasteiger partial charge in [-0.1, -0.05) is 0 Å². The second-order valence-electron chi connectivity index (χ2n) is 6.91. The van der Waals surface area contributed by atoms with Gasteiger partial charge in [0, 0.05) is 25.0 Å². The number of fused-ring (bicyclic) bond motifs is 1. The number of benzene rings is 1. The first-order chi connectivity index (χ1) is 14.1. The van der Waals surface area contributed by atoms with Crippen molar-refractivity contribution in [3.05, 3.63) is 59.3 Å². The summed E-state index contributed by atoms with van der Waals surface area (Å²) in [6.07, 6.45) is 1.41. The number of halogens is 1. The maximum absolute atomic E-state index is 13.4. The predicted octanol–water partition coefficient (Wildman–Crippen LogP) is 3.42. The van der Waals surface area contributed by atoms with E-state index >= 15 is 0 Å². The van der Waals surface area contributed by atoms with E-state index in [1.54, 1.807) is 18.1 Å². The number of ether oxygens (including phenoxy) is 1. The number of piperidine rings is 1. The molecule has 2 aromatic heterocycles. The zero-order valence-electron chi connectivity index (χ0n) is 16.0. The van der Waals surface area contributed by atoms with Crippen molar-refractivity contribution in [3.8, 4) is 11.4 Å². The van der Waals surface area contributed by atoms with Crippen molar-refractivity contribution in [3.63, 3.8) is 0 Å². The number of imidazole rings is 1. The number of methoxy groups -OCH3 is 1. The van der Waals surface area contributed by atoms with Crippen LogP contribution < -0.4 is 4.74 Å². The van der Waals surface area contributed by atoms with Gasteiger partial charge in [0.1, 0.15) is 17.4 Å². The van der Waals surface area contributed by atoms with E-state index in [2.05, 4.69) is 14.8 Å². The van der Waals surface area contributed by atoms with E-state index in [-0.39, 0.29) is 12.5 Å². The van der Waals surface area contributed by atoms with Gasteiger partial charge in [-0.3, -0.25) is 9.36 Å². The molecule has 0 bridgehead atoms. The van der Waals surface area contributed by atoms with Gasteiger partial charge in [-0.25, -0.2) is 20.9 Å². The number of carbonyl (C=O) groups is 1. The Morgan fingerprint density at radius 2 is 2.03 bits per heavy atom. The zero-order chi connectivity index (χ0) is 20.4. The van der Waals surface area contributed by atoms with Crippen LogP contribution in [-0.2, 0) is 6.54 Å². The van der Waals surface area contributed by atoms with Crippen molar-refractivity contribution < 1.29 is 13.9 Å². The molecule has 1 amide bonds. The lowest BCUT2D eigenvalue weighted by atomic mass is 10.1. The fraction of sp³-hybridized carbons (Fsp3) is 0.333. The zero-order valence-corrected chi connectivity index (χ0v) is 16.0. The average molecular weight is 393 g/mol. The van der Waals surface area contributed by atoms with Crippen LogP contribution in [0.5, 0.6) is 5.75 Å². The molecule has 0 aliphatic carbocycles. The number of hydrogen-bond acceptors (Lipinski definition) is 4. The van der Waals surface area contributed by atoms with Crippen molar-refractivity contribution in [2.24, 2.45) is 0 Å². The number of aromatic nitrogens is 3. The van der Waals surface area contributed by atoms with Crippen LogP contribution in [0.25, 0.3) is 21.7 Å². The van der Waals surface area contributed by atoms with Gasteiger partial charge < -0.3 is 14.5 Å². The average Bonchev–Trinajstić information content (AvgIpc) is 3.11. The molecule has 148 valence electrons. The highest BCUT2D eigenvalue weighted by Crippen LogP contribution is 2.24. The Kier molecular flexibility index (Phi) is 5.12. The van der Waals surface area contributed by atoms with E-state index in [0.29, 0.717) is 48.5 Å². The van der Waals surface area contributed by atoms with Crippen LogP contribution in [0.4, 0.5) is 4.39 Å². The second-order valence-corrected chi connectivity index (χ2v) is 6.91. The van der Waals surface area contributed by atoms with Crippen LogP contribution in [0.3, 0.4) is 0 Å². The molecule has 3 aromatic rings. The van der Waals surface area contributed by atoms with E-state index in [4.69, 9.17) is 11.3 Å². The summed E-state index contributed by atoms with van der Waals surface area (Å²) in [4.78, 5) is 26.9. The van der Waals surface area contributed by atoms with E-state index in [0.717, 1.165) is 11.4 Å². The molecule has 0 N–H and O–H groups in total. The number of hydrogen-bond donors (Lipinski definition) is 0. The molecule has 0 radical (unpaired) electrons. The fourth-order valence-corrected chi connectivity index (χ4v) is 3.54. The van der Waals surface area contributed by atoms with E-state index < -0.39 is 6.17 Å². The van der Waals surface area contributed by atoms with Crippen molar-refractivity contribution in [1.82, 2.24) is 19.4 Å². The van der Waals surface area contributed by atoms with Gasteiger partial charge in [-0.05, 0) is 43.2 Å². The minimum absolute atomic E-state index is 0.0929. The normalized spacial score (nSPS) is 14.7. The quantitative estimate of drug-likeness (QED) is 0.637. The number of alkyl halides is 1. The lowest BCUT2D eigenvalue weighted by Gasteiger charge is -2.28. The predicted molar refractivity (Wildman–Crippen MR) is 106 cm³/mol. The van der Waals surface area contributed by atoms with Crippen LogP contribution in [-0.4, -0.2) is 51.7 Å². The van der Waals surface area contributed by atoms with Crippen LogP contribution in [0.1, 0.15) is 29.0 Å². The summed E-state index contributed by atoms with van der Waals surface area (Å²) in [7, 11) is 1.60. The molecular formula is C21H20FN5O2. The van der Waals surface area contributed by atoms with Gasteiger partial charge in [-0.2, -0.15) is 0 Å². The summed E-state index contributed by atoms with van der Waals surface area (Å²) in [6.45, 7) is 8.14. The largest absolute Gasteiger partial charge is 0.497 e. The molecule has 0 spiro atoms. The summed E-state index contributed by atoms with van der Waals surface area (Å²) in [5.41, 5.74) is 2.35. The van der Waals surface area contributed by atoms with Gasteiger partial charge in [0.05, 0.1) is 12.7 Å². The topological polar surface area (TPSA) is 64.6 Å². The Balaban J connectivity index is 1.72. The SMILES string of the molecule is [C-]#[N+]Cc1nc2cc(C(=O)N3CCC(F)CC3)cnc2n1-c1ccc(OC)cc1. The Hall–Kier alpha value is -3.47. The van der Waals surface area contributed by atoms with Crippen molar-refractivity contribution in [1.29, 1.82) is 0 Å². The van der Waals surface area contributed by atoms with Crippen LogP contribution in [0, 0.1) is 6.57 Å². The molecule has 4 rings (SSSR count). The molecule has 1 fully saturated rings. The number of likely N-dealkylation sites (tertiary alicyclic amines) is 1. The first-order valence-electron chi connectivity index (χ1n) is 9.39. The van der Waals surface area contributed by atoms with Gasteiger partial charge in [0.25, 0.3) is 12.5 Å². The standard InChI is InChI=1S/C21H20FN5O2/c1-23-13-19-25-18-11-14(21(28)26-9-7-15(22)8-10-26)12-24-20(18)27(19)16-3-5-17(29-2)6-4-16/h3-6,11-12,15H,7-10,13H2,2H3. The first-order valence-corrected chi connectivity index (χ1v) is 9.39. The molecule has 0 atom stereocenters. The maximum Gasteiger partial charge on any atom is 0.272 e. The number of nitrogens with zero attached hydrogens (tertiary/aromatic N) is 5. The Labute approximate surface area is 167 Å². The Bertz CT molecular complexity index is 1080. The molecule has 1 aromatic carbocycles. The first kappa shape index (κ1) is 18.9. The van der Waals surface area contributed by atoms with Crippen molar-refractivity contribution in [2.45, 2.75) is 25.6 Å². The molecule has 8 heteroatoms. The van der Waals surface area contributed by atoms with Crippen LogP contribution in [0.2, 0.25) is 0 Å². The number of pyridine rings is 1. The monoisotopic (exact) mass is 393 g/mol. The summed E-state index contributed by atoms with van der Waals surface area (Å²) in [5.74, 6) is 1.11. The van der Waals surface area contributed by atoms with Crippen molar-refractivity contribution >= 4 is 17.1 Å². The third-order valence-corrected chi connectivity index (χ3v) is 5.08. The molecule has 1 aliphatic rings. The van der Waals surface area contributed by atoms with E-state index in [1.165, 1.54) is 6.20 Å². The number of amides is 1. The van der Waals surface area contributed by atoms with Crippen LogP contribution in [0.15, 0.2) is 36.5 Å². The molecule has 1 saturated heterocycles. The molecule has 7 nitrogen and oxygen atoms in total. The summed E-state index contributed by atoms with van der Waals surface area (Å²) >= 11 is 0. The van der Waals surface area contributed by atoms with Gasteiger partial charge in [0.2, 0.25) is 0 Å². The molecule has 0 unspecified atom stereocenters. The second kappa shape index (κ2) is 7.87. The molecule has 29 heavy (non-hydrogen) atoms. The van der Waals surface area contributed by atoms with E-state index in [1.807, 2.05) is 28.8 Å². The molecule has 3 heterocycles. The fourth-order valence-electron chi connectivity index (χ4n) is 3.54. The molecule has 1 aliphatic heterocycles. The third-order valence-electron chi connectivity index (χ3n) is 5.08. The van der Waals surface area contributed by atoms with Gasteiger partial charge >= 0.3 is 0 Å². The number of carbonyl (C=O) groups excluding carboxylic acids is 1. The lowest BCUT2D eigenvalue weighted by molar-refractivity contribution is 0.0666. The minimum Gasteiger partial charge on any atom is -0.497 e.